The van der Waals surface area contributed by atoms with Gasteiger partial charge >= 0.3 is 0 Å². The predicted octanol–water partition coefficient (Wildman–Crippen LogP) is 2.49. The second kappa shape index (κ2) is 12.1. The molecule has 3 atom stereocenters. The fourth-order valence-corrected chi connectivity index (χ4v) is 4.01. The Morgan fingerprint density at radius 2 is 2.09 bits per heavy atom. The first kappa shape index (κ1) is 26.6. The van der Waals surface area contributed by atoms with Crippen LogP contribution in [0, 0.1) is 23.6 Å². The van der Waals surface area contributed by atoms with E-state index in [0.717, 1.165) is 5.56 Å². The molecule has 1 aromatic heterocycles. The maximum Gasteiger partial charge on any atom is 0.259 e. The quantitative estimate of drug-likeness (QED) is 0.612. The highest BCUT2D eigenvalue weighted by Gasteiger charge is 2.34. The van der Waals surface area contributed by atoms with Crippen molar-refractivity contribution in [1.82, 2.24) is 19.7 Å². The summed E-state index contributed by atoms with van der Waals surface area (Å²) in [6.07, 6.45) is 1.35. The third-order valence-electron chi connectivity index (χ3n) is 5.98. The lowest BCUT2D eigenvalue weighted by Crippen LogP contribution is -2.49. The molecule has 1 aliphatic rings. The van der Waals surface area contributed by atoms with E-state index < -0.39 is 0 Å². The molecular formula is C27H35FN4O3. The Morgan fingerprint density at radius 3 is 2.77 bits per heavy atom. The van der Waals surface area contributed by atoms with E-state index in [1.54, 1.807) is 23.2 Å². The number of nitrogens with zero attached hydrogens (tertiary/aromatic N) is 4. The number of hydrogen-bond donors (Lipinski definition) is 1. The van der Waals surface area contributed by atoms with Crippen molar-refractivity contribution in [3.8, 4) is 17.7 Å². The summed E-state index contributed by atoms with van der Waals surface area (Å²) >= 11 is 0. The van der Waals surface area contributed by atoms with Crippen molar-refractivity contribution in [3.63, 3.8) is 0 Å². The first-order chi connectivity index (χ1) is 16.7. The monoisotopic (exact) mass is 482 g/mol. The second-order valence-corrected chi connectivity index (χ2v) is 9.57. The molecule has 2 heterocycles. The minimum absolute atomic E-state index is 0.0302. The first-order valence-corrected chi connectivity index (χ1v) is 11.8. The summed E-state index contributed by atoms with van der Waals surface area (Å²) in [4.78, 5) is 23.6. The van der Waals surface area contributed by atoms with Crippen molar-refractivity contribution in [2.75, 3.05) is 47.4 Å². The molecule has 35 heavy (non-hydrogen) atoms. The number of hydrogen-bond acceptors (Lipinski definition) is 6. The van der Waals surface area contributed by atoms with Crippen LogP contribution >= 0.6 is 0 Å². The number of fused-ring (bicyclic) bond motifs is 1. The van der Waals surface area contributed by atoms with Crippen molar-refractivity contribution < 1.29 is 19.0 Å². The Labute approximate surface area is 207 Å². The maximum atomic E-state index is 13.6. The average Bonchev–Trinajstić information content (AvgIpc) is 2.81. The standard InChI is InChI=1S/C27H35FN4O3/c1-19-15-32(20(2)18-33)27(34)24-13-21(9-7-11-30(3)4)14-29-26(24)35-25(19)17-31(5)16-22-8-6-10-23(28)12-22/h6,8,10,12-14,19-20,25,33H,11,15-18H2,1-5H3/t19-,20+,25-/m1/s1. The normalized spacial score (nSPS) is 18.9. The Morgan fingerprint density at radius 1 is 1.31 bits per heavy atom. The van der Waals surface area contributed by atoms with Crippen molar-refractivity contribution in [3.05, 3.63) is 59.0 Å². The number of aliphatic hydroxyl groups is 1. The zero-order valence-electron chi connectivity index (χ0n) is 21.2. The Kier molecular flexibility index (Phi) is 9.21. The smallest absolute Gasteiger partial charge is 0.259 e. The molecular weight excluding hydrogens is 447 g/mol. The van der Waals surface area contributed by atoms with Crippen LogP contribution in [0.2, 0.25) is 0 Å². The van der Waals surface area contributed by atoms with E-state index in [1.165, 1.54) is 12.1 Å². The lowest BCUT2D eigenvalue weighted by Gasteiger charge is -2.37. The molecule has 0 spiro atoms. The van der Waals surface area contributed by atoms with Crippen LogP contribution in [0.15, 0.2) is 36.5 Å². The van der Waals surface area contributed by atoms with Gasteiger partial charge in [0.15, 0.2) is 0 Å². The molecule has 1 amide bonds. The fraction of sp³-hybridized carbons (Fsp3) is 0.481. The molecule has 0 saturated heterocycles. The number of aliphatic hydroxyl groups excluding tert-OH is 1. The molecule has 0 unspecified atom stereocenters. The number of benzene rings is 1. The summed E-state index contributed by atoms with van der Waals surface area (Å²) in [6, 6.07) is 7.91. The van der Waals surface area contributed by atoms with Gasteiger partial charge in [0, 0.05) is 37.3 Å². The van der Waals surface area contributed by atoms with E-state index in [1.807, 2.05) is 46.0 Å². The lowest BCUT2D eigenvalue weighted by atomic mass is 9.99. The van der Waals surface area contributed by atoms with Gasteiger partial charge in [-0.3, -0.25) is 14.6 Å². The Balaban J connectivity index is 1.89. The van der Waals surface area contributed by atoms with Crippen molar-refractivity contribution in [1.29, 1.82) is 0 Å². The van der Waals surface area contributed by atoms with Crippen LogP contribution in [-0.4, -0.2) is 90.2 Å². The van der Waals surface area contributed by atoms with Gasteiger partial charge in [-0.2, -0.15) is 0 Å². The van der Waals surface area contributed by atoms with E-state index in [4.69, 9.17) is 4.74 Å². The highest BCUT2D eigenvalue weighted by Crippen LogP contribution is 2.27. The van der Waals surface area contributed by atoms with Gasteiger partial charge < -0.3 is 14.7 Å². The summed E-state index contributed by atoms with van der Waals surface area (Å²) in [5.74, 6) is 5.86. The van der Waals surface area contributed by atoms with Crippen LogP contribution < -0.4 is 4.74 Å². The van der Waals surface area contributed by atoms with Crippen LogP contribution in [0.1, 0.15) is 35.3 Å². The second-order valence-electron chi connectivity index (χ2n) is 9.57. The number of halogens is 1. The summed E-state index contributed by atoms with van der Waals surface area (Å²) in [7, 11) is 5.83. The van der Waals surface area contributed by atoms with E-state index in [-0.39, 0.29) is 42.3 Å². The van der Waals surface area contributed by atoms with E-state index in [2.05, 4.69) is 21.7 Å². The third-order valence-corrected chi connectivity index (χ3v) is 5.98. The molecule has 188 valence electrons. The molecule has 0 saturated carbocycles. The van der Waals surface area contributed by atoms with E-state index in [9.17, 15) is 14.3 Å². The summed E-state index contributed by atoms with van der Waals surface area (Å²) in [5, 5.41) is 9.82. The van der Waals surface area contributed by atoms with Gasteiger partial charge in [-0.15, -0.1) is 0 Å². The predicted molar refractivity (Wildman–Crippen MR) is 134 cm³/mol. The largest absolute Gasteiger partial charge is 0.472 e. The number of carbonyl (C=O) groups is 1. The fourth-order valence-electron chi connectivity index (χ4n) is 4.01. The molecule has 1 N–H and O–H groups in total. The highest BCUT2D eigenvalue weighted by atomic mass is 19.1. The van der Waals surface area contributed by atoms with Gasteiger partial charge in [-0.25, -0.2) is 9.37 Å². The van der Waals surface area contributed by atoms with Crippen LogP contribution in [0.3, 0.4) is 0 Å². The minimum atomic E-state index is -0.356. The average molecular weight is 483 g/mol. The number of aromatic nitrogens is 1. The number of ether oxygens (including phenoxy) is 1. The van der Waals surface area contributed by atoms with Gasteiger partial charge in [0.25, 0.3) is 5.91 Å². The molecule has 0 fully saturated rings. The van der Waals surface area contributed by atoms with Crippen molar-refractivity contribution in [2.45, 2.75) is 32.5 Å². The third kappa shape index (κ3) is 7.25. The minimum Gasteiger partial charge on any atom is -0.472 e. The van der Waals surface area contributed by atoms with Gasteiger partial charge in [0.1, 0.15) is 17.5 Å². The van der Waals surface area contributed by atoms with Crippen LogP contribution in [0.4, 0.5) is 4.39 Å². The number of likely N-dealkylation sites (N-methyl/N-ethyl adjacent to an activating group) is 1. The van der Waals surface area contributed by atoms with Gasteiger partial charge in [-0.05, 0) is 51.8 Å². The molecule has 0 bridgehead atoms. The molecule has 2 aromatic rings. The lowest BCUT2D eigenvalue weighted by molar-refractivity contribution is 0.0325. The summed E-state index contributed by atoms with van der Waals surface area (Å²) in [5.41, 5.74) is 1.84. The van der Waals surface area contributed by atoms with Gasteiger partial charge in [0.2, 0.25) is 5.88 Å². The number of pyridine rings is 1. The van der Waals surface area contributed by atoms with Crippen LogP contribution in [0.25, 0.3) is 0 Å². The molecule has 3 rings (SSSR count). The Hall–Kier alpha value is -2.99. The van der Waals surface area contributed by atoms with E-state index >= 15 is 0 Å². The van der Waals surface area contributed by atoms with Crippen LogP contribution in [0.5, 0.6) is 5.88 Å². The first-order valence-electron chi connectivity index (χ1n) is 11.8. The number of rotatable bonds is 7. The Bertz CT molecular complexity index is 1080. The number of amides is 1. The SMILES string of the molecule is C[C@@H]1CN([C@@H](C)CO)C(=O)c2cc(C#CCN(C)C)cnc2O[C@@H]1CN(C)Cc1cccc(F)c1. The molecule has 1 aliphatic heterocycles. The highest BCUT2D eigenvalue weighted by molar-refractivity contribution is 5.97. The van der Waals surface area contributed by atoms with Crippen molar-refractivity contribution >= 4 is 5.91 Å². The number of carbonyl (C=O) groups excluding carboxylic acids is 1. The zero-order chi connectivity index (χ0) is 25.5. The van der Waals surface area contributed by atoms with Crippen LogP contribution in [-0.2, 0) is 6.54 Å². The maximum absolute atomic E-state index is 13.6. The summed E-state index contributed by atoms with van der Waals surface area (Å²) in [6.45, 7) is 5.83. The molecule has 1 aromatic carbocycles. The van der Waals surface area contributed by atoms with E-state index in [0.29, 0.717) is 37.3 Å². The topological polar surface area (TPSA) is 69.1 Å². The zero-order valence-corrected chi connectivity index (χ0v) is 21.2. The molecule has 7 nitrogen and oxygen atoms in total. The van der Waals surface area contributed by atoms with Gasteiger partial charge in [0.05, 0.1) is 19.2 Å². The molecule has 0 aliphatic carbocycles. The van der Waals surface area contributed by atoms with Crippen molar-refractivity contribution in [2.24, 2.45) is 5.92 Å². The summed E-state index contributed by atoms with van der Waals surface area (Å²) < 4.78 is 19.9. The van der Waals surface area contributed by atoms with Gasteiger partial charge in [-0.1, -0.05) is 30.9 Å². The molecule has 8 heteroatoms. The molecule has 0 radical (unpaired) electrons.